The summed E-state index contributed by atoms with van der Waals surface area (Å²) in [5, 5.41) is 0. The minimum atomic E-state index is -0.256. The molecule has 27 heavy (non-hydrogen) atoms. The van der Waals surface area contributed by atoms with Gasteiger partial charge >= 0.3 is 6.09 Å². The lowest BCUT2D eigenvalue weighted by molar-refractivity contribution is 0.0730. The van der Waals surface area contributed by atoms with Crippen LogP contribution in [0.2, 0.25) is 0 Å². The molecule has 0 saturated carbocycles. The summed E-state index contributed by atoms with van der Waals surface area (Å²) < 4.78 is 16.6. The number of fused-ring (bicyclic) bond motifs is 1. The number of rotatable bonds is 5. The average Bonchev–Trinajstić information content (AvgIpc) is 2.65. The van der Waals surface area contributed by atoms with E-state index in [4.69, 9.17) is 14.2 Å². The maximum Gasteiger partial charge on any atom is 0.410 e. The van der Waals surface area contributed by atoms with Crippen molar-refractivity contribution < 1.29 is 19.0 Å². The van der Waals surface area contributed by atoms with Gasteiger partial charge in [-0.05, 0) is 62.6 Å². The second-order valence-corrected chi connectivity index (χ2v) is 6.92. The van der Waals surface area contributed by atoms with Crippen LogP contribution in [0.4, 0.5) is 4.79 Å². The van der Waals surface area contributed by atoms with E-state index in [1.165, 1.54) is 5.56 Å². The maximum atomic E-state index is 12.1. The van der Waals surface area contributed by atoms with Gasteiger partial charge in [0.2, 0.25) is 0 Å². The predicted octanol–water partition coefficient (Wildman–Crippen LogP) is 3.88. The molecule has 0 fully saturated rings. The van der Waals surface area contributed by atoms with Crippen molar-refractivity contribution in [2.45, 2.75) is 46.4 Å². The number of aryl methyl sites for hydroxylation is 1. The number of hydrogen-bond acceptors (Lipinski definition) is 5. The van der Waals surface area contributed by atoms with Crippen LogP contribution < -0.4 is 9.47 Å². The van der Waals surface area contributed by atoms with E-state index in [-0.39, 0.29) is 12.2 Å². The molecule has 0 unspecified atom stereocenters. The van der Waals surface area contributed by atoms with Gasteiger partial charge in [-0.15, -0.1) is 0 Å². The standard InChI is InChI=1S/C21H26N2O4/c1-14(2)27-21(24)23-10-9-16-11-18(7-6-17(16)12-23)26-13-19-20(25-4)8-5-15(3)22-19/h5-8,11,14H,9-10,12-13H2,1-4H3. The Morgan fingerprint density at radius 2 is 2.04 bits per heavy atom. The van der Waals surface area contributed by atoms with Crippen LogP contribution in [0.5, 0.6) is 11.5 Å². The number of aromatic nitrogens is 1. The monoisotopic (exact) mass is 370 g/mol. The molecule has 1 amide bonds. The first-order chi connectivity index (χ1) is 13.0. The molecule has 0 saturated heterocycles. The van der Waals surface area contributed by atoms with Crippen LogP contribution in [0.1, 0.15) is 36.4 Å². The topological polar surface area (TPSA) is 60.9 Å². The normalized spacial score (nSPS) is 13.3. The van der Waals surface area contributed by atoms with Gasteiger partial charge in [0.05, 0.1) is 13.2 Å². The van der Waals surface area contributed by atoms with Crippen molar-refractivity contribution in [1.29, 1.82) is 0 Å². The van der Waals surface area contributed by atoms with Gasteiger partial charge in [0, 0.05) is 18.8 Å². The Hall–Kier alpha value is -2.76. The summed E-state index contributed by atoms with van der Waals surface area (Å²) >= 11 is 0. The first-order valence-electron chi connectivity index (χ1n) is 9.17. The molecule has 6 heteroatoms. The van der Waals surface area contributed by atoms with Crippen molar-refractivity contribution in [3.8, 4) is 11.5 Å². The van der Waals surface area contributed by atoms with E-state index in [2.05, 4.69) is 4.98 Å². The van der Waals surface area contributed by atoms with Gasteiger partial charge in [-0.1, -0.05) is 6.07 Å². The molecule has 2 aromatic rings. The molecular formula is C21H26N2O4. The Morgan fingerprint density at radius 1 is 1.22 bits per heavy atom. The molecule has 0 N–H and O–H groups in total. The van der Waals surface area contributed by atoms with Crippen LogP contribution in [-0.4, -0.2) is 35.7 Å². The zero-order valence-electron chi connectivity index (χ0n) is 16.3. The molecule has 0 spiro atoms. The molecule has 1 aliphatic rings. The van der Waals surface area contributed by atoms with Crippen LogP contribution >= 0.6 is 0 Å². The molecule has 2 heterocycles. The third-order valence-electron chi connectivity index (χ3n) is 4.45. The van der Waals surface area contributed by atoms with Gasteiger partial charge in [0.25, 0.3) is 0 Å². The van der Waals surface area contributed by atoms with Crippen molar-refractivity contribution in [1.82, 2.24) is 9.88 Å². The molecule has 3 rings (SSSR count). The summed E-state index contributed by atoms with van der Waals surface area (Å²) in [7, 11) is 1.63. The first kappa shape index (κ1) is 19.0. The third kappa shape index (κ3) is 4.70. The fraction of sp³-hybridized carbons (Fsp3) is 0.429. The van der Waals surface area contributed by atoms with Gasteiger partial charge in [-0.3, -0.25) is 4.98 Å². The van der Waals surface area contributed by atoms with Crippen molar-refractivity contribution in [3.63, 3.8) is 0 Å². The van der Waals surface area contributed by atoms with Gasteiger partial charge in [0.15, 0.2) is 0 Å². The maximum absolute atomic E-state index is 12.1. The number of ether oxygens (including phenoxy) is 3. The lowest BCUT2D eigenvalue weighted by Crippen LogP contribution is -2.37. The summed E-state index contributed by atoms with van der Waals surface area (Å²) in [5.74, 6) is 1.51. The lowest BCUT2D eigenvalue weighted by atomic mass is 10.00. The van der Waals surface area contributed by atoms with Crippen LogP contribution in [0.25, 0.3) is 0 Å². The highest BCUT2D eigenvalue weighted by atomic mass is 16.6. The zero-order chi connectivity index (χ0) is 19.4. The molecule has 0 atom stereocenters. The lowest BCUT2D eigenvalue weighted by Gasteiger charge is -2.29. The smallest absolute Gasteiger partial charge is 0.410 e. The number of methoxy groups -OCH3 is 1. The van der Waals surface area contributed by atoms with E-state index >= 15 is 0 Å². The zero-order valence-corrected chi connectivity index (χ0v) is 16.3. The number of carbonyl (C=O) groups excluding carboxylic acids is 1. The minimum absolute atomic E-state index is 0.109. The fourth-order valence-electron chi connectivity index (χ4n) is 3.09. The van der Waals surface area contributed by atoms with Crippen LogP contribution in [0.15, 0.2) is 30.3 Å². The summed E-state index contributed by atoms with van der Waals surface area (Å²) in [5.41, 5.74) is 4.02. The molecule has 1 aromatic carbocycles. The van der Waals surface area contributed by atoms with E-state index in [0.717, 1.165) is 34.9 Å². The predicted molar refractivity (Wildman–Crippen MR) is 102 cm³/mol. The van der Waals surface area contributed by atoms with Gasteiger partial charge in [0.1, 0.15) is 23.8 Å². The molecular weight excluding hydrogens is 344 g/mol. The summed E-state index contributed by atoms with van der Waals surface area (Å²) in [4.78, 5) is 18.3. The third-order valence-corrected chi connectivity index (χ3v) is 4.45. The van der Waals surface area contributed by atoms with E-state index < -0.39 is 0 Å². The average molecular weight is 370 g/mol. The van der Waals surface area contributed by atoms with Crippen LogP contribution in [-0.2, 0) is 24.3 Å². The fourth-order valence-corrected chi connectivity index (χ4v) is 3.09. The number of nitrogens with zero attached hydrogens (tertiary/aromatic N) is 2. The van der Waals surface area contributed by atoms with E-state index in [1.807, 2.05) is 51.1 Å². The highest BCUT2D eigenvalue weighted by Gasteiger charge is 2.22. The van der Waals surface area contributed by atoms with E-state index in [9.17, 15) is 4.79 Å². The SMILES string of the molecule is COc1ccc(C)nc1COc1ccc2c(c1)CCN(C(=O)OC(C)C)C2. The molecule has 1 aromatic heterocycles. The van der Waals surface area contributed by atoms with E-state index in [0.29, 0.717) is 19.7 Å². The Bertz CT molecular complexity index is 820. The van der Waals surface area contributed by atoms with Gasteiger partial charge in [-0.2, -0.15) is 0 Å². The highest BCUT2D eigenvalue weighted by molar-refractivity contribution is 5.68. The van der Waals surface area contributed by atoms with Crippen LogP contribution in [0, 0.1) is 6.92 Å². The molecule has 6 nitrogen and oxygen atoms in total. The largest absolute Gasteiger partial charge is 0.495 e. The summed E-state index contributed by atoms with van der Waals surface area (Å²) in [6, 6.07) is 9.80. The van der Waals surface area contributed by atoms with E-state index in [1.54, 1.807) is 12.0 Å². The number of benzene rings is 1. The van der Waals surface area contributed by atoms with Gasteiger partial charge < -0.3 is 19.1 Å². The van der Waals surface area contributed by atoms with Crippen molar-refractivity contribution >= 4 is 6.09 Å². The number of carbonyl (C=O) groups is 1. The van der Waals surface area contributed by atoms with Crippen molar-refractivity contribution in [2.75, 3.05) is 13.7 Å². The number of hydrogen-bond donors (Lipinski definition) is 0. The quantitative estimate of drug-likeness (QED) is 0.799. The van der Waals surface area contributed by atoms with Crippen molar-refractivity contribution in [2.24, 2.45) is 0 Å². The second-order valence-electron chi connectivity index (χ2n) is 6.92. The Kier molecular flexibility index (Phi) is 5.84. The van der Waals surface area contributed by atoms with Crippen LogP contribution in [0.3, 0.4) is 0 Å². The molecule has 1 aliphatic heterocycles. The molecule has 144 valence electrons. The minimum Gasteiger partial charge on any atom is -0.495 e. The molecule has 0 aliphatic carbocycles. The molecule has 0 radical (unpaired) electrons. The van der Waals surface area contributed by atoms with Crippen molar-refractivity contribution in [3.05, 3.63) is 52.8 Å². The Morgan fingerprint density at radius 3 is 2.78 bits per heavy atom. The number of pyridine rings is 1. The summed E-state index contributed by atoms with van der Waals surface area (Å²) in [6.07, 6.45) is 0.418. The highest BCUT2D eigenvalue weighted by Crippen LogP contribution is 2.26. The van der Waals surface area contributed by atoms with Gasteiger partial charge in [-0.25, -0.2) is 4.79 Å². The Labute approximate surface area is 160 Å². The number of amides is 1. The first-order valence-corrected chi connectivity index (χ1v) is 9.17. The molecule has 0 bridgehead atoms. The second kappa shape index (κ2) is 8.29. The Balaban J connectivity index is 1.66. The summed E-state index contributed by atoms with van der Waals surface area (Å²) in [6.45, 7) is 7.22.